The lowest BCUT2D eigenvalue weighted by atomic mass is 10.2. The molecule has 130 valence electrons. The van der Waals surface area contributed by atoms with Gasteiger partial charge in [-0.15, -0.1) is 0 Å². The van der Waals surface area contributed by atoms with Crippen LogP contribution in [0.4, 0.5) is 11.4 Å². The van der Waals surface area contributed by atoms with Crippen molar-refractivity contribution in [2.45, 2.75) is 6.92 Å². The molecule has 0 unspecified atom stereocenters. The summed E-state index contributed by atoms with van der Waals surface area (Å²) < 4.78 is 1.12. The van der Waals surface area contributed by atoms with E-state index in [-0.39, 0.29) is 22.6 Å². The Bertz CT molecular complexity index is 1040. The van der Waals surface area contributed by atoms with Gasteiger partial charge in [0.15, 0.2) is 0 Å². The number of nitro groups is 1. The van der Waals surface area contributed by atoms with Crippen LogP contribution in [0.25, 0.3) is 5.69 Å². The number of nitrogens with zero attached hydrogens (tertiary/aromatic N) is 3. The molecule has 0 aliphatic heterocycles. The highest BCUT2D eigenvalue weighted by Gasteiger charge is 2.15. The summed E-state index contributed by atoms with van der Waals surface area (Å²) in [6, 6.07) is 15.6. The predicted molar refractivity (Wildman–Crippen MR) is 95.6 cm³/mol. The third kappa shape index (κ3) is 3.48. The minimum Gasteiger partial charge on any atom is -0.320 e. The molecule has 0 bridgehead atoms. The Morgan fingerprint density at radius 3 is 2.54 bits per heavy atom. The van der Waals surface area contributed by atoms with Crippen molar-refractivity contribution < 1.29 is 9.72 Å². The summed E-state index contributed by atoms with van der Waals surface area (Å²) in [4.78, 5) is 34.9. The number of hydrogen-bond donors (Lipinski definition) is 1. The van der Waals surface area contributed by atoms with Crippen LogP contribution in [-0.2, 0) is 0 Å². The fourth-order valence-corrected chi connectivity index (χ4v) is 2.37. The van der Waals surface area contributed by atoms with Gasteiger partial charge in [0.1, 0.15) is 5.69 Å². The Kier molecular flexibility index (Phi) is 4.57. The summed E-state index contributed by atoms with van der Waals surface area (Å²) >= 11 is 0. The SMILES string of the molecule is Cc1ccc(NC(=O)c2ccc(=O)n(-c3ccccc3)n2)cc1[N+](=O)[O-]. The van der Waals surface area contributed by atoms with E-state index in [0.717, 1.165) is 4.68 Å². The molecule has 0 saturated carbocycles. The van der Waals surface area contributed by atoms with Gasteiger partial charge >= 0.3 is 0 Å². The normalized spacial score (nSPS) is 10.3. The minimum absolute atomic E-state index is 0.0108. The Balaban J connectivity index is 1.91. The molecule has 26 heavy (non-hydrogen) atoms. The number of hydrogen-bond acceptors (Lipinski definition) is 5. The van der Waals surface area contributed by atoms with Crippen LogP contribution in [0.1, 0.15) is 16.1 Å². The third-order valence-corrected chi connectivity index (χ3v) is 3.70. The molecule has 0 aliphatic rings. The summed E-state index contributed by atoms with van der Waals surface area (Å²) in [7, 11) is 0. The van der Waals surface area contributed by atoms with E-state index in [0.29, 0.717) is 11.3 Å². The smallest absolute Gasteiger partial charge is 0.276 e. The first-order chi connectivity index (χ1) is 12.5. The zero-order chi connectivity index (χ0) is 18.7. The molecule has 8 heteroatoms. The van der Waals surface area contributed by atoms with Crippen LogP contribution in [0.15, 0.2) is 65.5 Å². The molecule has 3 aromatic rings. The molecule has 1 aromatic heterocycles. The summed E-state index contributed by atoms with van der Waals surface area (Å²) in [5.41, 5.74) is 0.828. The second-order valence-corrected chi connectivity index (χ2v) is 5.52. The summed E-state index contributed by atoms with van der Waals surface area (Å²) in [5, 5.41) is 17.6. The number of carbonyl (C=O) groups excluding carboxylic acids is 1. The van der Waals surface area contributed by atoms with Gasteiger partial charge in [-0.1, -0.05) is 24.3 Å². The van der Waals surface area contributed by atoms with E-state index < -0.39 is 10.8 Å². The lowest BCUT2D eigenvalue weighted by Crippen LogP contribution is -2.24. The van der Waals surface area contributed by atoms with Crippen LogP contribution in [0, 0.1) is 17.0 Å². The van der Waals surface area contributed by atoms with Gasteiger partial charge in [-0.05, 0) is 31.2 Å². The van der Waals surface area contributed by atoms with Gasteiger partial charge < -0.3 is 5.32 Å². The van der Waals surface area contributed by atoms with Gasteiger partial charge in [-0.25, -0.2) is 0 Å². The number of anilines is 1. The Labute approximate surface area is 147 Å². The zero-order valence-corrected chi connectivity index (χ0v) is 13.7. The largest absolute Gasteiger partial charge is 0.320 e. The summed E-state index contributed by atoms with van der Waals surface area (Å²) in [5.74, 6) is -0.576. The molecule has 1 heterocycles. The van der Waals surface area contributed by atoms with Crippen molar-refractivity contribution in [2.24, 2.45) is 0 Å². The molecule has 1 N–H and O–H groups in total. The zero-order valence-electron chi connectivity index (χ0n) is 13.7. The average Bonchev–Trinajstić information content (AvgIpc) is 2.64. The highest BCUT2D eigenvalue weighted by molar-refractivity contribution is 6.02. The van der Waals surface area contributed by atoms with E-state index in [1.165, 1.54) is 18.2 Å². The standard InChI is InChI=1S/C18H14N4O4/c1-12-7-8-13(11-16(12)22(25)26)19-18(24)15-9-10-17(23)21(20-15)14-5-3-2-4-6-14/h2-11H,1H3,(H,19,24). The highest BCUT2D eigenvalue weighted by Crippen LogP contribution is 2.22. The topological polar surface area (TPSA) is 107 Å². The summed E-state index contributed by atoms with van der Waals surface area (Å²) in [6.07, 6.45) is 0. The first-order valence-electron chi connectivity index (χ1n) is 7.68. The number of carbonyl (C=O) groups is 1. The number of amides is 1. The molecule has 1 amide bonds. The second-order valence-electron chi connectivity index (χ2n) is 5.52. The maximum atomic E-state index is 12.4. The van der Waals surface area contributed by atoms with E-state index in [4.69, 9.17) is 0 Å². The number of nitrogens with one attached hydrogen (secondary N) is 1. The Hall–Kier alpha value is -3.81. The van der Waals surface area contributed by atoms with E-state index in [2.05, 4.69) is 10.4 Å². The minimum atomic E-state index is -0.576. The molecule has 8 nitrogen and oxygen atoms in total. The van der Waals surface area contributed by atoms with E-state index >= 15 is 0 Å². The number of para-hydroxylation sites is 1. The predicted octanol–water partition coefficient (Wildman–Crippen LogP) is 2.70. The lowest BCUT2D eigenvalue weighted by Gasteiger charge is -2.08. The first kappa shape index (κ1) is 17.0. The number of aryl methyl sites for hydroxylation is 1. The Morgan fingerprint density at radius 1 is 1.12 bits per heavy atom. The van der Waals surface area contributed by atoms with Gasteiger partial charge in [-0.3, -0.25) is 19.7 Å². The van der Waals surface area contributed by atoms with Gasteiger partial charge in [0.2, 0.25) is 0 Å². The summed E-state index contributed by atoms with van der Waals surface area (Å²) in [6.45, 7) is 1.61. The molecule has 0 atom stereocenters. The van der Waals surface area contributed by atoms with Gasteiger partial charge in [0, 0.05) is 23.4 Å². The first-order valence-corrected chi connectivity index (χ1v) is 7.68. The quantitative estimate of drug-likeness (QED) is 0.575. The molecule has 0 aliphatic carbocycles. The molecule has 3 rings (SSSR count). The third-order valence-electron chi connectivity index (χ3n) is 3.70. The second kappa shape index (κ2) is 6.98. The van der Waals surface area contributed by atoms with E-state index in [9.17, 15) is 19.7 Å². The lowest BCUT2D eigenvalue weighted by molar-refractivity contribution is -0.385. The number of nitro benzene ring substituents is 1. The molecular weight excluding hydrogens is 336 g/mol. The molecular formula is C18H14N4O4. The van der Waals surface area contributed by atoms with Crippen molar-refractivity contribution in [3.05, 3.63) is 92.4 Å². The van der Waals surface area contributed by atoms with Crippen LogP contribution in [0.2, 0.25) is 0 Å². The molecule has 0 fully saturated rings. The monoisotopic (exact) mass is 350 g/mol. The average molecular weight is 350 g/mol. The van der Waals surface area contributed by atoms with Crippen LogP contribution >= 0.6 is 0 Å². The highest BCUT2D eigenvalue weighted by atomic mass is 16.6. The maximum absolute atomic E-state index is 12.4. The van der Waals surface area contributed by atoms with Gasteiger partial charge in [-0.2, -0.15) is 9.78 Å². The molecule has 2 aromatic carbocycles. The molecule has 0 radical (unpaired) electrons. The van der Waals surface area contributed by atoms with Crippen molar-refractivity contribution in [1.29, 1.82) is 0 Å². The van der Waals surface area contributed by atoms with Crippen molar-refractivity contribution in [3.63, 3.8) is 0 Å². The fraction of sp³-hybridized carbons (Fsp3) is 0.0556. The number of rotatable bonds is 4. The fourth-order valence-electron chi connectivity index (χ4n) is 2.37. The van der Waals surface area contributed by atoms with Crippen molar-refractivity contribution in [2.75, 3.05) is 5.32 Å². The van der Waals surface area contributed by atoms with Crippen molar-refractivity contribution >= 4 is 17.3 Å². The molecule has 0 saturated heterocycles. The van der Waals surface area contributed by atoms with Gasteiger partial charge in [0.25, 0.3) is 17.2 Å². The van der Waals surface area contributed by atoms with E-state index in [1.807, 2.05) is 0 Å². The van der Waals surface area contributed by atoms with Crippen LogP contribution in [0.3, 0.4) is 0 Å². The molecule has 0 spiro atoms. The van der Waals surface area contributed by atoms with Gasteiger partial charge in [0.05, 0.1) is 10.6 Å². The van der Waals surface area contributed by atoms with Crippen LogP contribution in [-0.4, -0.2) is 20.6 Å². The number of benzene rings is 2. The number of aromatic nitrogens is 2. The Morgan fingerprint density at radius 2 is 1.85 bits per heavy atom. The van der Waals surface area contributed by atoms with E-state index in [1.54, 1.807) is 49.4 Å². The van der Waals surface area contributed by atoms with Crippen LogP contribution < -0.4 is 10.9 Å². The van der Waals surface area contributed by atoms with Crippen LogP contribution in [0.5, 0.6) is 0 Å². The van der Waals surface area contributed by atoms with Crippen molar-refractivity contribution in [3.8, 4) is 5.69 Å². The van der Waals surface area contributed by atoms with Crippen molar-refractivity contribution in [1.82, 2.24) is 9.78 Å². The maximum Gasteiger partial charge on any atom is 0.276 e.